The van der Waals surface area contributed by atoms with Gasteiger partial charge in [0.05, 0.1) is 12.7 Å². The van der Waals surface area contributed by atoms with E-state index in [0.29, 0.717) is 48.4 Å². The van der Waals surface area contributed by atoms with Gasteiger partial charge < -0.3 is 9.84 Å². The largest absolute Gasteiger partial charge is 0.466 e. The van der Waals surface area contributed by atoms with E-state index in [2.05, 4.69) is 13.8 Å². The van der Waals surface area contributed by atoms with Crippen molar-refractivity contribution in [3.05, 3.63) is 0 Å². The maximum Gasteiger partial charge on any atom is 0.302 e. The third-order valence-electron chi connectivity index (χ3n) is 9.47. The van der Waals surface area contributed by atoms with E-state index in [1.54, 1.807) is 0 Å². The van der Waals surface area contributed by atoms with E-state index in [4.69, 9.17) is 4.74 Å². The molecule has 152 valence electrons. The van der Waals surface area contributed by atoms with Gasteiger partial charge in [0.25, 0.3) is 0 Å². The molecule has 8 unspecified atom stereocenters. The van der Waals surface area contributed by atoms with E-state index < -0.39 is 0 Å². The first-order chi connectivity index (χ1) is 12.8. The fourth-order valence-corrected chi connectivity index (χ4v) is 7.94. The van der Waals surface area contributed by atoms with Gasteiger partial charge in [-0.05, 0) is 85.4 Å². The van der Waals surface area contributed by atoms with Crippen LogP contribution < -0.4 is 0 Å². The highest BCUT2D eigenvalue weighted by Crippen LogP contribution is 2.67. The molecule has 4 nitrogen and oxygen atoms in total. The highest BCUT2D eigenvalue weighted by molar-refractivity contribution is 5.79. The standard InChI is InChI=1S/C23H36O4/c1-14(24)27-11-8-15-4-5-18-21-19(7-10-22(15,18)2)23(3)9-6-17(25)12-16(23)13-20(21)26/h15-16,18-21,26H,4-13H2,1-3H3. The van der Waals surface area contributed by atoms with Crippen molar-refractivity contribution in [2.45, 2.75) is 84.7 Å². The minimum atomic E-state index is -0.254. The smallest absolute Gasteiger partial charge is 0.302 e. The Morgan fingerprint density at radius 3 is 2.63 bits per heavy atom. The number of esters is 1. The van der Waals surface area contributed by atoms with Crippen LogP contribution in [0, 0.1) is 40.4 Å². The summed E-state index contributed by atoms with van der Waals surface area (Å²) in [6, 6.07) is 0. The Hall–Kier alpha value is -0.900. The Morgan fingerprint density at radius 1 is 1.15 bits per heavy atom. The molecular formula is C23H36O4. The number of ether oxygens (including phenoxy) is 1. The van der Waals surface area contributed by atoms with Gasteiger partial charge in [-0.1, -0.05) is 13.8 Å². The monoisotopic (exact) mass is 376 g/mol. The highest BCUT2D eigenvalue weighted by atomic mass is 16.5. The summed E-state index contributed by atoms with van der Waals surface area (Å²) in [5, 5.41) is 11.2. The number of Topliss-reactive ketones (excluding diaryl/α,β-unsaturated/α-hetero) is 1. The quantitative estimate of drug-likeness (QED) is 0.752. The number of ketones is 1. The maximum atomic E-state index is 12.0. The third-order valence-corrected chi connectivity index (χ3v) is 9.47. The summed E-state index contributed by atoms with van der Waals surface area (Å²) in [5.74, 6) is 2.70. The van der Waals surface area contributed by atoms with E-state index in [1.165, 1.54) is 32.6 Å². The molecule has 4 saturated carbocycles. The summed E-state index contributed by atoms with van der Waals surface area (Å²) in [7, 11) is 0. The molecule has 4 aliphatic carbocycles. The van der Waals surface area contributed by atoms with Crippen LogP contribution in [-0.2, 0) is 14.3 Å². The van der Waals surface area contributed by atoms with Crippen LogP contribution in [0.2, 0.25) is 0 Å². The number of rotatable bonds is 3. The van der Waals surface area contributed by atoms with E-state index in [1.807, 2.05) is 0 Å². The van der Waals surface area contributed by atoms with Gasteiger partial charge in [0.1, 0.15) is 5.78 Å². The van der Waals surface area contributed by atoms with Crippen molar-refractivity contribution in [3.63, 3.8) is 0 Å². The lowest BCUT2D eigenvalue weighted by Gasteiger charge is -2.61. The summed E-state index contributed by atoms with van der Waals surface area (Å²) in [6.45, 7) is 6.87. The molecule has 0 spiro atoms. The number of carbonyl (C=O) groups is 2. The molecule has 1 N–H and O–H groups in total. The SMILES string of the molecule is CC(=O)OCCC1CCC2C3C(O)CC4CC(=O)CCC4(C)C3CCC12C. The summed E-state index contributed by atoms with van der Waals surface area (Å²) in [6.07, 6.45) is 8.73. The van der Waals surface area contributed by atoms with Crippen molar-refractivity contribution >= 4 is 11.8 Å². The zero-order chi connectivity index (χ0) is 19.4. The number of fused-ring (bicyclic) bond motifs is 5. The predicted octanol–water partition coefficient (Wildman–Crippen LogP) is 4.14. The lowest BCUT2D eigenvalue weighted by atomic mass is 9.44. The molecule has 0 amide bonds. The molecule has 0 bridgehead atoms. The molecule has 27 heavy (non-hydrogen) atoms. The van der Waals surface area contributed by atoms with E-state index in [-0.39, 0.29) is 22.9 Å². The lowest BCUT2D eigenvalue weighted by Crippen LogP contribution is -2.58. The Balaban J connectivity index is 1.53. The summed E-state index contributed by atoms with van der Waals surface area (Å²) < 4.78 is 5.23. The molecule has 4 heteroatoms. The number of hydrogen-bond acceptors (Lipinski definition) is 4. The molecule has 4 fully saturated rings. The van der Waals surface area contributed by atoms with Crippen molar-refractivity contribution in [2.75, 3.05) is 6.61 Å². The molecule has 4 rings (SSSR count). The topological polar surface area (TPSA) is 63.6 Å². The zero-order valence-electron chi connectivity index (χ0n) is 17.2. The number of aliphatic hydroxyl groups is 1. The van der Waals surface area contributed by atoms with Gasteiger partial charge in [0.15, 0.2) is 0 Å². The van der Waals surface area contributed by atoms with Crippen molar-refractivity contribution in [1.82, 2.24) is 0 Å². The van der Waals surface area contributed by atoms with Crippen molar-refractivity contribution in [3.8, 4) is 0 Å². The molecule has 4 aliphatic rings. The van der Waals surface area contributed by atoms with Gasteiger partial charge in [0, 0.05) is 19.8 Å². The Bertz CT molecular complexity index is 615. The summed E-state index contributed by atoms with van der Waals surface area (Å²) in [4.78, 5) is 23.2. The van der Waals surface area contributed by atoms with Crippen molar-refractivity contribution in [2.24, 2.45) is 40.4 Å². The summed E-state index contributed by atoms with van der Waals surface area (Å²) >= 11 is 0. The molecule has 0 aromatic carbocycles. The van der Waals surface area contributed by atoms with Crippen LogP contribution in [0.3, 0.4) is 0 Å². The Morgan fingerprint density at radius 2 is 1.89 bits per heavy atom. The fraction of sp³-hybridized carbons (Fsp3) is 0.913. The second-order valence-electron chi connectivity index (χ2n) is 10.5. The minimum Gasteiger partial charge on any atom is -0.466 e. The fourth-order valence-electron chi connectivity index (χ4n) is 7.94. The van der Waals surface area contributed by atoms with Crippen LogP contribution in [0.1, 0.15) is 78.6 Å². The number of hydrogen-bond donors (Lipinski definition) is 1. The van der Waals surface area contributed by atoms with Crippen molar-refractivity contribution in [1.29, 1.82) is 0 Å². The second kappa shape index (κ2) is 6.86. The molecule has 0 saturated heterocycles. The molecule has 0 radical (unpaired) electrons. The van der Waals surface area contributed by atoms with Crippen LogP contribution in [0.4, 0.5) is 0 Å². The zero-order valence-corrected chi connectivity index (χ0v) is 17.2. The van der Waals surface area contributed by atoms with Crippen molar-refractivity contribution < 1.29 is 19.4 Å². The molecule has 8 atom stereocenters. The van der Waals surface area contributed by atoms with Crippen LogP contribution in [0.15, 0.2) is 0 Å². The Labute approximate surface area is 163 Å². The third kappa shape index (κ3) is 3.07. The predicted molar refractivity (Wildman–Crippen MR) is 103 cm³/mol. The van der Waals surface area contributed by atoms with E-state index in [0.717, 1.165) is 25.7 Å². The first-order valence-corrected chi connectivity index (χ1v) is 11.1. The first-order valence-electron chi connectivity index (χ1n) is 11.1. The Kier molecular flexibility index (Phi) is 4.93. The lowest BCUT2D eigenvalue weighted by molar-refractivity contribution is -0.167. The summed E-state index contributed by atoms with van der Waals surface area (Å²) in [5.41, 5.74) is 0.491. The van der Waals surface area contributed by atoms with E-state index in [9.17, 15) is 14.7 Å². The van der Waals surface area contributed by atoms with Crippen LogP contribution in [0.5, 0.6) is 0 Å². The van der Waals surface area contributed by atoms with Crippen LogP contribution in [-0.4, -0.2) is 29.6 Å². The molecule has 0 aromatic rings. The second-order valence-corrected chi connectivity index (χ2v) is 10.5. The maximum absolute atomic E-state index is 12.0. The number of aliphatic hydroxyl groups excluding tert-OH is 1. The van der Waals surface area contributed by atoms with Gasteiger partial charge >= 0.3 is 5.97 Å². The van der Waals surface area contributed by atoms with Gasteiger partial charge in [-0.2, -0.15) is 0 Å². The van der Waals surface area contributed by atoms with Gasteiger partial charge in [-0.25, -0.2) is 0 Å². The van der Waals surface area contributed by atoms with Gasteiger partial charge in [-0.15, -0.1) is 0 Å². The normalized spacial score (nSPS) is 49.1. The molecule has 0 aromatic heterocycles. The first kappa shape index (κ1) is 19.4. The minimum absolute atomic E-state index is 0.188. The average molecular weight is 377 g/mol. The van der Waals surface area contributed by atoms with Crippen LogP contribution >= 0.6 is 0 Å². The molecular weight excluding hydrogens is 340 g/mol. The van der Waals surface area contributed by atoms with Gasteiger partial charge in [0.2, 0.25) is 0 Å². The highest BCUT2D eigenvalue weighted by Gasteiger charge is 2.62. The van der Waals surface area contributed by atoms with Gasteiger partial charge in [-0.3, -0.25) is 9.59 Å². The van der Waals surface area contributed by atoms with Crippen LogP contribution in [0.25, 0.3) is 0 Å². The van der Waals surface area contributed by atoms with E-state index >= 15 is 0 Å². The molecule has 0 heterocycles. The molecule has 0 aliphatic heterocycles. The average Bonchev–Trinajstić information content (AvgIpc) is 2.93. The number of carbonyl (C=O) groups excluding carboxylic acids is 2.